The van der Waals surface area contributed by atoms with Crippen molar-refractivity contribution in [2.24, 2.45) is 0 Å². The van der Waals surface area contributed by atoms with Gasteiger partial charge in [0.15, 0.2) is 5.75 Å². The summed E-state index contributed by atoms with van der Waals surface area (Å²) in [6.07, 6.45) is 8.44. The van der Waals surface area contributed by atoms with Gasteiger partial charge in [-0.1, -0.05) is 0 Å². The van der Waals surface area contributed by atoms with Crippen LogP contribution in [-0.4, -0.2) is 26.1 Å². The van der Waals surface area contributed by atoms with E-state index in [0.717, 1.165) is 12.8 Å². The monoisotopic (exact) mass is 235 g/mol. The molecule has 0 unspecified atom stereocenters. The van der Waals surface area contributed by atoms with E-state index >= 15 is 0 Å². The molecule has 2 heterocycles. The third-order valence-electron chi connectivity index (χ3n) is 3.41. The van der Waals surface area contributed by atoms with Crippen molar-refractivity contribution in [3.05, 3.63) is 18.7 Å². The molecular formula is C13H21N3O. The quantitative estimate of drug-likeness (QED) is 0.790. The summed E-state index contributed by atoms with van der Waals surface area (Å²) in [5.74, 6) is 0.704. The lowest BCUT2D eigenvalue weighted by Gasteiger charge is -2.50. The van der Waals surface area contributed by atoms with Crippen LogP contribution >= 0.6 is 0 Å². The van der Waals surface area contributed by atoms with Crippen LogP contribution in [0.1, 0.15) is 47.0 Å². The molecular weight excluding hydrogens is 214 g/mol. The zero-order valence-corrected chi connectivity index (χ0v) is 11.1. The normalized spacial score (nSPS) is 23.3. The Kier molecular flexibility index (Phi) is 3.08. The highest BCUT2D eigenvalue weighted by molar-refractivity contribution is 5.10. The van der Waals surface area contributed by atoms with E-state index in [1.807, 2.05) is 0 Å². The molecule has 0 aliphatic carbocycles. The largest absolute Gasteiger partial charge is 0.402 e. The number of aromatic nitrogens is 2. The minimum absolute atomic E-state index is 0.0393. The third kappa shape index (κ3) is 2.57. The first kappa shape index (κ1) is 12.3. The second kappa shape index (κ2) is 4.26. The summed E-state index contributed by atoms with van der Waals surface area (Å²) in [5.41, 5.74) is 0.0786. The van der Waals surface area contributed by atoms with Crippen LogP contribution in [0.4, 0.5) is 0 Å². The minimum Gasteiger partial charge on any atom is -0.402 e. The number of nitrogens with zero attached hydrogens (tertiary/aromatic N) is 3. The topological polar surface area (TPSA) is 38.2 Å². The Labute approximate surface area is 103 Å². The first-order chi connectivity index (χ1) is 7.92. The summed E-state index contributed by atoms with van der Waals surface area (Å²) in [5, 5.41) is 2.10. The highest BCUT2D eigenvalue weighted by Gasteiger charge is 2.43. The Morgan fingerprint density at radius 1 is 1.06 bits per heavy atom. The zero-order chi connectivity index (χ0) is 12.5. The molecule has 1 aromatic heterocycles. The molecule has 4 nitrogen and oxygen atoms in total. The van der Waals surface area contributed by atoms with E-state index in [4.69, 9.17) is 4.84 Å². The number of hydroxylamine groups is 2. The van der Waals surface area contributed by atoms with Crippen molar-refractivity contribution in [1.29, 1.82) is 0 Å². The van der Waals surface area contributed by atoms with Crippen LogP contribution < -0.4 is 4.84 Å². The molecule has 1 saturated heterocycles. The minimum atomic E-state index is 0.0393. The number of hydrogen-bond acceptors (Lipinski definition) is 4. The van der Waals surface area contributed by atoms with Gasteiger partial charge in [0, 0.05) is 0 Å². The van der Waals surface area contributed by atoms with Crippen LogP contribution in [0.3, 0.4) is 0 Å². The Bertz CT molecular complexity index is 360. The van der Waals surface area contributed by atoms with Gasteiger partial charge in [0.25, 0.3) is 0 Å². The summed E-state index contributed by atoms with van der Waals surface area (Å²) < 4.78 is 0. The molecule has 0 bridgehead atoms. The van der Waals surface area contributed by atoms with Crippen molar-refractivity contribution in [2.45, 2.75) is 58.0 Å². The molecule has 1 fully saturated rings. The van der Waals surface area contributed by atoms with E-state index in [1.54, 1.807) is 12.4 Å². The van der Waals surface area contributed by atoms with Crippen LogP contribution in [0.25, 0.3) is 0 Å². The Hall–Kier alpha value is -1.16. The molecule has 0 spiro atoms. The van der Waals surface area contributed by atoms with Gasteiger partial charge in [0.05, 0.1) is 23.5 Å². The molecule has 4 heteroatoms. The van der Waals surface area contributed by atoms with Gasteiger partial charge < -0.3 is 4.84 Å². The second-order valence-electron chi connectivity index (χ2n) is 5.94. The zero-order valence-electron chi connectivity index (χ0n) is 11.1. The van der Waals surface area contributed by atoms with Crippen LogP contribution in [0.15, 0.2) is 18.7 Å². The SMILES string of the molecule is CC1(C)CCCC(C)(C)N1Oc1cncnc1. The fourth-order valence-corrected chi connectivity index (χ4v) is 2.66. The van der Waals surface area contributed by atoms with E-state index in [0.29, 0.717) is 5.75 Å². The van der Waals surface area contributed by atoms with Crippen molar-refractivity contribution >= 4 is 0 Å². The van der Waals surface area contributed by atoms with Gasteiger partial charge in [0.1, 0.15) is 6.33 Å². The molecule has 1 aromatic rings. The van der Waals surface area contributed by atoms with Crippen molar-refractivity contribution in [3.8, 4) is 5.75 Å². The molecule has 0 saturated carbocycles. The molecule has 0 aromatic carbocycles. The molecule has 2 rings (SSSR count). The van der Waals surface area contributed by atoms with Crippen molar-refractivity contribution in [2.75, 3.05) is 0 Å². The Morgan fingerprint density at radius 2 is 1.59 bits per heavy atom. The molecule has 0 atom stereocenters. The maximum absolute atomic E-state index is 5.99. The molecule has 0 radical (unpaired) electrons. The van der Waals surface area contributed by atoms with Crippen LogP contribution in [0.5, 0.6) is 5.75 Å². The molecule has 94 valence electrons. The fraction of sp³-hybridized carbons (Fsp3) is 0.692. The summed E-state index contributed by atoms with van der Waals surface area (Å²) in [6.45, 7) is 8.88. The highest BCUT2D eigenvalue weighted by atomic mass is 16.7. The van der Waals surface area contributed by atoms with Crippen molar-refractivity contribution in [1.82, 2.24) is 15.0 Å². The Balaban J connectivity index is 2.21. The smallest absolute Gasteiger partial charge is 0.184 e. The predicted octanol–water partition coefficient (Wildman–Crippen LogP) is 2.81. The summed E-state index contributed by atoms with van der Waals surface area (Å²) >= 11 is 0. The van der Waals surface area contributed by atoms with Crippen LogP contribution in [0, 0.1) is 0 Å². The van der Waals surface area contributed by atoms with Crippen molar-refractivity contribution in [3.63, 3.8) is 0 Å². The maximum Gasteiger partial charge on any atom is 0.184 e. The molecule has 0 amide bonds. The number of hydrogen-bond donors (Lipinski definition) is 0. The summed E-state index contributed by atoms with van der Waals surface area (Å²) in [7, 11) is 0. The Morgan fingerprint density at radius 3 is 2.12 bits per heavy atom. The van der Waals surface area contributed by atoms with Gasteiger partial charge in [0.2, 0.25) is 0 Å². The molecule has 1 aliphatic heterocycles. The van der Waals surface area contributed by atoms with Gasteiger partial charge in [-0.3, -0.25) is 0 Å². The summed E-state index contributed by atoms with van der Waals surface area (Å²) in [4.78, 5) is 14.0. The van der Waals surface area contributed by atoms with E-state index < -0.39 is 0 Å². The predicted molar refractivity (Wildman–Crippen MR) is 66.5 cm³/mol. The third-order valence-corrected chi connectivity index (χ3v) is 3.41. The van der Waals surface area contributed by atoms with Gasteiger partial charge in [-0.15, -0.1) is 5.06 Å². The van der Waals surface area contributed by atoms with Crippen LogP contribution in [-0.2, 0) is 0 Å². The molecule has 0 N–H and O–H groups in total. The van der Waals surface area contributed by atoms with E-state index in [2.05, 4.69) is 42.7 Å². The van der Waals surface area contributed by atoms with Gasteiger partial charge in [-0.05, 0) is 47.0 Å². The lowest BCUT2D eigenvalue weighted by molar-refractivity contribution is -0.217. The van der Waals surface area contributed by atoms with Gasteiger partial charge in [-0.2, -0.15) is 0 Å². The second-order valence-corrected chi connectivity index (χ2v) is 5.94. The van der Waals surface area contributed by atoms with Gasteiger partial charge >= 0.3 is 0 Å². The average Bonchev–Trinajstić information content (AvgIpc) is 2.25. The molecule has 1 aliphatic rings. The van der Waals surface area contributed by atoms with Crippen LogP contribution in [0.2, 0.25) is 0 Å². The van der Waals surface area contributed by atoms with E-state index in [9.17, 15) is 0 Å². The van der Waals surface area contributed by atoms with E-state index in [-0.39, 0.29) is 11.1 Å². The maximum atomic E-state index is 5.99. The highest BCUT2D eigenvalue weighted by Crippen LogP contribution is 2.38. The molecule has 17 heavy (non-hydrogen) atoms. The van der Waals surface area contributed by atoms with E-state index in [1.165, 1.54) is 12.7 Å². The van der Waals surface area contributed by atoms with Crippen molar-refractivity contribution < 1.29 is 4.84 Å². The lowest BCUT2D eigenvalue weighted by atomic mass is 9.82. The lowest BCUT2D eigenvalue weighted by Crippen LogP contribution is -2.59. The average molecular weight is 235 g/mol. The number of rotatable bonds is 2. The summed E-state index contributed by atoms with van der Waals surface area (Å²) in [6, 6.07) is 0. The standard InChI is InChI=1S/C13H21N3O/c1-12(2)6-5-7-13(3,4)16(12)17-11-8-14-10-15-9-11/h8-10H,5-7H2,1-4H3. The first-order valence-electron chi connectivity index (χ1n) is 6.15. The fourth-order valence-electron chi connectivity index (χ4n) is 2.66. The number of piperidine rings is 1. The van der Waals surface area contributed by atoms with Gasteiger partial charge in [-0.25, -0.2) is 9.97 Å². The first-order valence-corrected chi connectivity index (χ1v) is 6.15.